The predicted molar refractivity (Wildman–Crippen MR) is 125 cm³/mol. The van der Waals surface area contributed by atoms with E-state index in [9.17, 15) is 4.79 Å². The molecule has 6 heteroatoms. The van der Waals surface area contributed by atoms with Crippen molar-refractivity contribution in [3.63, 3.8) is 0 Å². The number of aromatic nitrogens is 4. The largest absolute Gasteiger partial charge is 0.352 e. The number of amides is 1. The number of nitrogens with one attached hydrogen (secondary N) is 1. The summed E-state index contributed by atoms with van der Waals surface area (Å²) in [6, 6.07) is 25.8. The molecule has 0 saturated heterocycles. The normalized spacial score (nSPS) is 11.0. The van der Waals surface area contributed by atoms with Gasteiger partial charge in [0.05, 0.1) is 11.0 Å². The molecule has 0 aliphatic heterocycles. The zero-order valence-electron chi connectivity index (χ0n) is 17.6. The molecular weight excluding hydrogens is 398 g/mol. The molecule has 5 rings (SSSR count). The molecule has 1 amide bonds. The summed E-state index contributed by atoms with van der Waals surface area (Å²) < 4.78 is 4.13. The summed E-state index contributed by atoms with van der Waals surface area (Å²) in [4.78, 5) is 21.5. The Kier molecular flexibility index (Phi) is 5.49. The van der Waals surface area contributed by atoms with Crippen LogP contribution in [0.4, 0.5) is 0 Å². The van der Waals surface area contributed by atoms with Gasteiger partial charge >= 0.3 is 0 Å². The lowest BCUT2D eigenvalue weighted by Gasteiger charge is -2.10. The lowest BCUT2D eigenvalue weighted by molar-refractivity contribution is 0.0954. The molecule has 32 heavy (non-hydrogen) atoms. The van der Waals surface area contributed by atoms with Crippen LogP contribution in [0.2, 0.25) is 0 Å². The molecule has 0 fully saturated rings. The first kappa shape index (κ1) is 19.8. The second kappa shape index (κ2) is 8.89. The van der Waals surface area contributed by atoms with Crippen molar-refractivity contribution in [2.24, 2.45) is 0 Å². The molecule has 0 unspecified atom stereocenters. The molecule has 3 aromatic carbocycles. The molecule has 0 spiro atoms. The van der Waals surface area contributed by atoms with Gasteiger partial charge in [-0.15, -0.1) is 0 Å². The first-order chi connectivity index (χ1) is 15.8. The van der Waals surface area contributed by atoms with Crippen molar-refractivity contribution < 1.29 is 4.79 Å². The van der Waals surface area contributed by atoms with Crippen LogP contribution in [0, 0.1) is 0 Å². The first-order valence-electron chi connectivity index (χ1n) is 10.6. The van der Waals surface area contributed by atoms with Crippen molar-refractivity contribution in [3.05, 3.63) is 115 Å². The molecule has 0 radical (unpaired) electrons. The Balaban J connectivity index is 1.20. The van der Waals surface area contributed by atoms with E-state index in [1.807, 2.05) is 77.5 Å². The second-order valence-corrected chi connectivity index (χ2v) is 7.61. The minimum absolute atomic E-state index is 0.0896. The van der Waals surface area contributed by atoms with Gasteiger partial charge in [0.25, 0.3) is 5.91 Å². The molecule has 2 aromatic heterocycles. The third-order valence-corrected chi connectivity index (χ3v) is 5.49. The molecule has 2 heterocycles. The van der Waals surface area contributed by atoms with E-state index in [1.54, 1.807) is 12.5 Å². The molecule has 6 nitrogen and oxygen atoms in total. The summed E-state index contributed by atoms with van der Waals surface area (Å²) in [5.41, 5.74) is 4.81. The number of hydrogen-bond acceptors (Lipinski definition) is 3. The molecule has 0 aliphatic rings. The number of carbonyl (C=O) groups excluding carboxylic acids is 1. The number of rotatable bonds is 7. The number of para-hydroxylation sites is 2. The number of imidazole rings is 2. The van der Waals surface area contributed by atoms with Gasteiger partial charge in [-0.05, 0) is 42.0 Å². The van der Waals surface area contributed by atoms with Gasteiger partial charge in [0, 0.05) is 43.2 Å². The first-order valence-corrected chi connectivity index (χ1v) is 10.6. The van der Waals surface area contributed by atoms with Gasteiger partial charge in [-0.1, -0.05) is 42.5 Å². The van der Waals surface area contributed by atoms with Gasteiger partial charge in [-0.25, -0.2) is 9.97 Å². The van der Waals surface area contributed by atoms with Crippen molar-refractivity contribution in [2.75, 3.05) is 6.54 Å². The van der Waals surface area contributed by atoms with Crippen LogP contribution >= 0.6 is 0 Å². The lowest BCUT2D eigenvalue weighted by atomic mass is 10.2. The van der Waals surface area contributed by atoms with Crippen molar-refractivity contribution in [1.29, 1.82) is 0 Å². The lowest BCUT2D eigenvalue weighted by Crippen LogP contribution is -2.26. The predicted octanol–water partition coefficient (Wildman–Crippen LogP) is 4.24. The maximum atomic E-state index is 12.6. The number of hydrogen-bond donors (Lipinski definition) is 1. The maximum absolute atomic E-state index is 12.6. The fourth-order valence-corrected chi connectivity index (χ4v) is 3.82. The van der Waals surface area contributed by atoms with E-state index in [-0.39, 0.29) is 5.91 Å². The standard InChI is InChI=1S/C26H23N5O/c32-26(28-15-14-25-27-16-17-30(25)18-20-6-2-1-3-7-20)21-10-12-22(13-11-21)31-19-29-23-8-4-5-9-24(23)31/h1-13,16-17,19H,14-15,18H2,(H,28,32). The van der Waals surface area contributed by atoms with E-state index in [0.29, 0.717) is 18.5 Å². The summed E-state index contributed by atoms with van der Waals surface area (Å²) in [7, 11) is 0. The number of fused-ring (bicyclic) bond motifs is 1. The van der Waals surface area contributed by atoms with Crippen LogP contribution in [0.15, 0.2) is 97.6 Å². The molecule has 1 N–H and O–H groups in total. The van der Waals surface area contributed by atoms with Gasteiger partial charge < -0.3 is 9.88 Å². The zero-order valence-corrected chi connectivity index (χ0v) is 17.6. The van der Waals surface area contributed by atoms with Gasteiger partial charge in [0.15, 0.2) is 0 Å². The average Bonchev–Trinajstić information content (AvgIpc) is 3.47. The van der Waals surface area contributed by atoms with Crippen molar-refractivity contribution in [3.8, 4) is 5.69 Å². The van der Waals surface area contributed by atoms with Crippen LogP contribution in [-0.4, -0.2) is 31.6 Å². The van der Waals surface area contributed by atoms with E-state index < -0.39 is 0 Å². The van der Waals surface area contributed by atoms with Crippen LogP contribution in [-0.2, 0) is 13.0 Å². The Labute approximate surface area is 186 Å². The molecule has 0 atom stereocenters. The van der Waals surface area contributed by atoms with Crippen LogP contribution in [0.3, 0.4) is 0 Å². The highest BCUT2D eigenvalue weighted by Gasteiger charge is 2.09. The molecule has 158 valence electrons. The van der Waals surface area contributed by atoms with Gasteiger partial charge in [0.2, 0.25) is 0 Å². The van der Waals surface area contributed by atoms with Crippen LogP contribution < -0.4 is 5.32 Å². The third-order valence-electron chi connectivity index (χ3n) is 5.49. The van der Waals surface area contributed by atoms with E-state index in [0.717, 1.165) is 29.1 Å². The monoisotopic (exact) mass is 421 g/mol. The molecule has 0 aliphatic carbocycles. The molecular formula is C26H23N5O. The second-order valence-electron chi connectivity index (χ2n) is 7.61. The third kappa shape index (κ3) is 4.16. The summed E-state index contributed by atoms with van der Waals surface area (Å²) in [6.45, 7) is 1.30. The Morgan fingerprint density at radius 1 is 0.875 bits per heavy atom. The van der Waals surface area contributed by atoms with Crippen molar-refractivity contribution >= 4 is 16.9 Å². The SMILES string of the molecule is O=C(NCCc1nccn1Cc1ccccc1)c1ccc(-n2cnc3ccccc32)cc1. The van der Waals surface area contributed by atoms with E-state index >= 15 is 0 Å². The highest BCUT2D eigenvalue weighted by Crippen LogP contribution is 2.18. The van der Waals surface area contributed by atoms with E-state index in [4.69, 9.17) is 0 Å². The molecule has 0 saturated carbocycles. The highest BCUT2D eigenvalue weighted by molar-refractivity contribution is 5.94. The summed E-state index contributed by atoms with van der Waals surface area (Å²) >= 11 is 0. The Hall–Kier alpha value is -4.19. The van der Waals surface area contributed by atoms with Gasteiger partial charge in [-0.3, -0.25) is 9.36 Å². The zero-order chi connectivity index (χ0) is 21.8. The quantitative estimate of drug-likeness (QED) is 0.427. The fraction of sp³-hybridized carbons (Fsp3) is 0.115. The smallest absolute Gasteiger partial charge is 0.251 e. The highest BCUT2D eigenvalue weighted by atomic mass is 16.1. The van der Waals surface area contributed by atoms with E-state index in [2.05, 4.69) is 32.0 Å². The minimum Gasteiger partial charge on any atom is -0.352 e. The Morgan fingerprint density at radius 2 is 1.66 bits per heavy atom. The molecule has 0 bridgehead atoms. The van der Waals surface area contributed by atoms with Crippen molar-refractivity contribution in [2.45, 2.75) is 13.0 Å². The Bertz CT molecular complexity index is 1340. The maximum Gasteiger partial charge on any atom is 0.251 e. The topological polar surface area (TPSA) is 64.7 Å². The molecule has 5 aromatic rings. The fourth-order valence-electron chi connectivity index (χ4n) is 3.82. The van der Waals surface area contributed by atoms with Crippen LogP contribution in [0.1, 0.15) is 21.7 Å². The number of nitrogens with zero attached hydrogens (tertiary/aromatic N) is 4. The summed E-state index contributed by atoms with van der Waals surface area (Å²) in [5.74, 6) is 0.865. The van der Waals surface area contributed by atoms with E-state index in [1.165, 1.54) is 5.56 Å². The van der Waals surface area contributed by atoms with Crippen LogP contribution in [0.5, 0.6) is 0 Å². The van der Waals surface area contributed by atoms with Gasteiger partial charge in [-0.2, -0.15) is 0 Å². The average molecular weight is 422 g/mol. The summed E-state index contributed by atoms with van der Waals surface area (Å²) in [5, 5.41) is 3.00. The van der Waals surface area contributed by atoms with Crippen LogP contribution in [0.25, 0.3) is 16.7 Å². The number of carbonyl (C=O) groups is 1. The van der Waals surface area contributed by atoms with Crippen molar-refractivity contribution in [1.82, 2.24) is 24.4 Å². The number of benzene rings is 3. The van der Waals surface area contributed by atoms with Gasteiger partial charge in [0.1, 0.15) is 12.2 Å². The Morgan fingerprint density at radius 3 is 2.50 bits per heavy atom. The summed E-state index contributed by atoms with van der Waals surface area (Å²) in [6.07, 6.45) is 6.25. The minimum atomic E-state index is -0.0896.